The summed E-state index contributed by atoms with van der Waals surface area (Å²) in [6.45, 7) is 0. The number of anilines is 1. The molecule has 4 nitrogen and oxygen atoms in total. The van der Waals surface area contributed by atoms with Crippen LogP contribution in [0, 0.1) is 11.3 Å². The summed E-state index contributed by atoms with van der Waals surface area (Å²) in [4.78, 5) is 9.15. The van der Waals surface area contributed by atoms with E-state index in [1.165, 1.54) is 43.9 Å². The molecule has 1 aliphatic rings. The number of hydrogen-bond donors (Lipinski definition) is 1. The van der Waals surface area contributed by atoms with Crippen molar-refractivity contribution in [3.63, 3.8) is 0 Å². The zero-order valence-corrected chi connectivity index (χ0v) is 12.7. The molecule has 1 aliphatic carbocycles. The summed E-state index contributed by atoms with van der Waals surface area (Å²) in [6.07, 6.45) is 6.33. The first-order valence-corrected chi connectivity index (χ1v) is 8.38. The van der Waals surface area contributed by atoms with Crippen LogP contribution in [-0.4, -0.2) is 21.8 Å². The third-order valence-corrected chi connectivity index (χ3v) is 4.51. The van der Waals surface area contributed by atoms with Crippen LogP contribution in [0.3, 0.4) is 0 Å². The van der Waals surface area contributed by atoms with Crippen LogP contribution in [0.25, 0.3) is 10.9 Å². The molecule has 0 spiro atoms. The minimum absolute atomic E-state index is 0.376. The second kappa shape index (κ2) is 6.77. The van der Waals surface area contributed by atoms with Gasteiger partial charge in [-0.15, -0.1) is 0 Å². The highest BCUT2D eigenvalue weighted by molar-refractivity contribution is 7.99. The van der Waals surface area contributed by atoms with Crippen molar-refractivity contribution >= 4 is 28.5 Å². The number of rotatable bonds is 4. The highest BCUT2D eigenvalue weighted by Crippen LogP contribution is 2.27. The molecular formula is C16H18N4S. The number of nitrogens with one attached hydrogen (secondary N) is 1. The van der Waals surface area contributed by atoms with Gasteiger partial charge in [0.2, 0.25) is 0 Å². The van der Waals surface area contributed by atoms with Crippen molar-refractivity contribution in [2.45, 2.75) is 43.3 Å². The zero-order chi connectivity index (χ0) is 14.5. The van der Waals surface area contributed by atoms with Gasteiger partial charge in [-0.1, -0.05) is 43.2 Å². The monoisotopic (exact) mass is 298 g/mol. The first kappa shape index (κ1) is 14.2. The van der Waals surface area contributed by atoms with Crippen LogP contribution >= 0.6 is 11.8 Å². The molecule has 21 heavy (non-hydrogen) atoms. The van der Waals surface area contributed by atoms with Crippen LogP contribution in [0.4, 0.5) is 5.82 Å². The minimum atomic E-state index is 0.376. The predicted molar refractivity (Wildman–Crippen MR) is 86.4 cm³/mol. The first-order chi connectivity index (χ1) is 10.4. The Morgan fingerprint density at radius 1 is 1.19 bits per heavy atom. The van der Waals surface area contributed by atoms with E-state index >= 15 is 0 Å². The molecular weight excluding hydrogens is 280 g/mol. The van der Waals surface area contributed by atoms with E-state index < -0.39 is 0 Å². The maximum atomic E-state index is 8.73. The molecule has 108 valence electrons. The molecule has 1 aromatic heterocycles. The molecule has 0 unspecified atom stereocenters. The molecule has 1 fully saturated rings. The summed E-state index contributed by atoms with van der Waals surface area (Å²) in [5.74, 6) is 1.29. The van der Waals surface area contributed by atoms with E-state index in [0.29, 0.717) is 17.0 Å². The van der Waals surface area contributed by atoms with Crippen LogP contribution in [0.15, 0.2) is 29.4 Å². The number of para-hydroxylation sites is 1. The highest BCUT2D eigenvalue weighted by Gasteiger charge is 2.16. The predicted octanol–water partition coefficient (Wildman–Crippen LogP) is 3.99. The van der Waals surface area contributed by atoms with Gasteiger partial charge in [-0.25, -0.2) is 9.97 Å². The topological polar surface area (TPSA) is 61.6 Å². The Labute approximate surface area is 129 Å². The standard InChI is InChI=1S/C16H18N4S/c17-10-11-21-16-19-14-9-5-4-8-13(14)15(20-16)18-12-6-2-1-3-7-12/h4-5,8-9,12H,1-3,6-7,11H2,(H,18,19,20). The number of aromatic nitrogens is 2. The van der Waals surface area contributed by atoms with Crippen LogP contribution < -0.4 is 5.32 Å². The van der Waals surface area contributed by atoms with Gasteiger partial charge in [0, 0.05) is 11.4 Å². The van der Waals surface area contributed by atoms with Crippen molar-refractivity contribution in [1.82, 2.24) is 9.97 Å². The van der Waals surface area contributed by atoms with Gasteiger partial charge in [-0.05, 0) is 25.0 Å². The van der Waals surface area contributed by atoms with Gasteiger partial charge >= 0.3 is 0 Å². The molecule has 0 bridgehead atoms. The fourth-order valence-electron chi connectivity index (χ4n) is 2.77. The van der Waals surface area contributed by atoms with E-state index in [1.807, 2.05) is 18.2 Å². The van der Waals surface area contributed by atoms with Crippen molar-refractivity contribution in [3.8, 4) is 6.07 Å². The molecule has 0 atom stereocenters. The summed E-state index contributed by atoms with van der Waals surface area (Å²) in [6, 6.07) is 10.7. The summed E-state index contributed by atoms with van der Waals surface area (Å²) >= 11 is 1.39. The lowest BCUT2D eigenvalue weighted by atomic mass is 9.95. The lowest BCUT2D eigenvalue weighted by molar-refractivity contribution is 0.462. The van der Waals surface area contributed by atoms with E-state index in [4.69, 9.17) is 5.26 Å². The molecule has 1 heterocycles. The van der Waals surface area contributed by atoms with Gasteiger partial charge in [0.1, 0.15) is 5.82 Å². The number of benzene rings is 1. The van der Waals surface area contributed by atoms with Crippen molar-refractivity contribution in [3.05, 3.63) is 24.3 Å². The Bertz CT molecular complexity index is 659. The number of hydrogen-bond acceptors (Lipinski definition) is 5. The van der Waals surface area contributed by atoms with E-state index in [9.17, 15) is 0 Å². The third kappa shape index (κ3) is 3.45. The molecule has 5 heteroatoms. The molecule has 1 saturated carbocycles. The van der Waals surface area contributed by atoms with E-state index in [-0.39, 0.29) is 0 Å². The van der Waals surface area contributed by atoms with Gasteiger partial charge in [0.25, 0.3) is 0 Å². The van der Waals surface area contributed by atoms with Crippen LogP contribution in [0.2, 0.25) is 0 Å². The van der Waals surface area contributed by atoms with Crippen LogP contribution in [-0.2, 0) is 0 Å². The fraction of sp³-hybridized carbons (Fsp3) is 0.438. The average molecular weight is 298 g/mol. The Kier molecular flexibility index (Phi) is 4.56. The van der Waals surface area contributed by atoms with E-state index in [1.54, 1.807) is 0 Å². The van der Waals surface area contributed by atoms with Crippen molar-refractivity contribution in [2.75, 3.05) is 11.1 Å². The second-order valence-corrected chi connectivity index (χ2v) is 6.24. The summed E-state index contributed by atoms with van der Waals surface area (Å²) in [5.41, 5.74) is 0.936. The molecule has 1 aromatic carbocycles. The molecule has 0 saturated heterocycles. The second-order valence-electron chi connectivity index (χ2n) is 5.30. The Hall–Kier alpha value is -1.80. The lowest BCUT2D eigenvalue weighted by Crippen LogP contribution is -2.23. The summed E-state index contributed by atoms with van der Waals surface area (Å²) in [5, 5.41) is 14.1. The molecule has 2 aromatic rings. The number of fused-ring (bicyclic) bond motifs is 1. The highest BCUT2D eigenvalue weighted by atomic mass is 32.2. The molecule has 0 amide bonds. The number of nitrogens with zero attached hydrogens (tertiary/aromatic N) is 3. The maximum Gasteiger partial charge on any atom is 0.191 e. The normalized spacial score (nSPS) is 15.8. The van der Waals surface area contributed by atoms with Gasteiger partial charge < -0.3 is 5.32 Å². The third-order valence-electron chi connectivity index (χ3n) is 3.79. The Morgan fingerprint density at radius 2 is 2.00 bits per heavy atom. The summed E-state index contributed by atoms with van der Waals surface area (Å²) < 4.78 is 0. The van der Waals surface area contributed by atoms with Gasteiger partial charge in [0.15, 0.2) is 5.16 Å². The van der Waals surface area contributed by atoms with Crippen molar-refractivity contribution in [1.29, 1.82) is 5.26 Å². The molecule has 1 N–H and O–H groups in total. The average Bonchev–Trinajstić information content (AvgIpc) is 2.54. The molecule has 3 rings (SSSR count). The Morgan fingerprint density at radius 3 is 2.81 bits per heavy atom. The zero-order valence-electron chi connectivity index (χ0n) is 11.9. The van der Waals surface area contributed by atoms with Crippen molar-refractivity contribution < 1.29 is 0 Å². The van der Waals surface area contributed by atoms with E-state index in [0.717, 1.165) is 16.7 Å². The number of nitriles is 1. The largest absolute Gasteiger partial charge is 0.367 e. The van der Waals surface area contributed by atoms with Crippen LogP contribution in [0.5, 0.6) is 0 Å². The van der Waals surface area contributed by atoms with Gasteiger partial charge in [-0.3, -0.25) is 0 Å². The SMILES string of the molecule is N#CCSc1nc(NC2CCCCC2)c2ccccc2n1. The van der Waals surface area contributed by atoms with Gasteiger partial charge in [0.05, 0.1) is 17.3 Å². The van der Waals surface area contributed by atoms with E-state index in [2.05, 4.69) is 27.4 Å². The summed E-state index contributed by atoms with van der Waals surface area (Å²) in [7, 11) is 0. The lowest BCUT2D eigenvalue weighted by Gasteiger charge is -2.24. The minimum Gasteiger partial charge on any atom is -0.367 e. The number of thioether (sulfide) groups is 1. The first-order valence-electron chi connectivity index (χ1n) is 7.40. The maximum absolute atomic E-state index is 8.73. The van der Waals surface area contributed by atoms with Crippen LogP contribution in [0.1, 0.15) is 32.1 Å². The smallest absolute Gasteiger partial charge is 0.191 e. The quantitative estimate of drug-likeness (QED) is 0.683. The van der Waals surface area contributed by atoms with Gasteiger partial charge in [-0.2, -0.15) is 5.26 Å². The fourth-order valence-corrected chi connectivity index (χ4v) is 3.28. The molecule has 0 radical (unpaired) electrons. The van der Waals surface area contributed by atoms with Crippen molar-refractivity contribution in [2.24, 2.45) is 0 Å². The Balaban J connectivity index is 1.92. The molecule has 0 aliphatic heterocycles.